The summed E-state index contributed by atoms with van der Waals surface area (Å²) in [4.78, 5) is 168. The van der Waals surface area contributed by atoms with Crippen molar-refractivity contribution in [2.45, 2.75) is 165 Å². The van der Waals surface area contributed by atoms with Gasteiger partial charge >= 0.3 is 11.9 Å². The van der Waals surface area contributed by atoms with Crippen LogP contribution in [-0.2, 0) is 70.4 Å². The Labute approximate surface area is 509 Å². The molecule has 0 saturated heterocycles. The van der Waals surface area contributed by atoms with Crippen molar-refractivity contribution in [2.75, 3.05) is 33.2 Å². The maximum absolute atomic E-state index is 14.6. The molecular formula is C55H89N19O14. The molecule has 0 aliphatic rings. The van der Waals surface area contributed by atoms with Gasteiger partial charge in [-0.2, -0.15) is 0 Å². The van der Waals surface area contributed by atoms with Crippen molar-refractivity contribution in [3.05, 3.63) is 54.1 Å². The van der Waals surface area contributed by atoms with Crippen molar-refractivity contribution in [3.8, 4) is 0 Å². The summed E-state index contributed by atoms with van der Waals surface area (Å²) in [5.41, 5.74) is 17.8. The maximum Gasteiger partial charge on any atom is 0.303 e. The lowest BCUT2D eigenvalue weighted by Crippen LogP contribution is -2.61. The van der Waals surface area contributed by atoms with E-state index in [4.69, 9.17) is 28.0 Å². The van der Waals surface area contributed by atoms with E-state index in [9.17, 15) is 67.7 Å². The number of aromatic amines is 1. The normalized spacial score (nSPS) is 13.9. The van der Waals surface area contributed by atoms with E-state index >= 15 is 0 Å². The second-order valence-electron chi connectivity index (χ2n) is 20.7. The predicted octanol–water partition coefficient (Wildman–Crippen LogP) is -4.22. The Bertz CT molecular complexity index is 2650. The summed E-state index contributed by atoms with van der Waals surface area (Å²) in [6.45, 7) is 4.61. The van der Waals surface area contributed by atoms with Gasteiger partial charge in [-0.05, 0) is 75.8 Å². The van der Waals surface area contributed by atoms with Gasteiger partial charge in [-0.15, -0.1) is 0 Å². The van der Waals surface area contributed by atoms with Gasteiger partial charge < -0.3 is 96.2 Å². The number of likely N-dealkylation sites (N-methyl/N-ethyl adjacent to an activating group) is 1. The van der Waals surface area contributed by atoms with E-state index in [0.717, 1.165) is 0 Å². The van der Waals surface area contributed by atoms with E-state index in [1.807, 2.05) is 0 Å². The Kier molecular flexibility index (Phi) is 34.6. The standard InChI is InChI=1S/C55H89N19O14/c1-5-31(3)45(53(88)72-37(19-21-43(77)78)46(81)65-29-42(76)61-4)74-50(85)36(18-13-25-64-55(59)60)69-49(84)38(20-22-44(79)80)71-47(82)34(16-10-11-23-56)68-48(83)35(17-12-24-63-54(57)58)70-51(86)39(26-32-14-8-7-9-15-32)73-52(87)40(67-41(75)6-2)27-33-28-62-30-66-33/h7-9,14-15,28,30-31,34-40,45H,5-6,10-13,16-27,29,56H2,1-4H3,(H,61,76)(H,62,66)(H,65,81)(H,67,75)(H,68,83)(H,69,84)(H,70,86)(H,71,82)(H,72,88)(H,73,87)(H,74,85)(H,77,78)(H,79,80)(H4,57,58,63)(H4,59,60,64)/t31-,34-,35-,36-,37-,38-,39-,40-,45?/m0/s1. The fourth-order valence-corrected chi connectivity index (χ4v) is 8.57. The van der Waals surface area contributed by atoms with Crippen molar-refractivity contribution in [3.63, 3.8) is 0 Å². The lowest BCUT2D eigenvalue weighted by atomic mass is 9.96. The zero-order valence-electron chi connectivity index (χ0n) is 50.1. The van der Waals surface area contributed by atoms with Crippen LogP contribution in [0, 0.1) is 16.7 Å². The molecule has 9 atom stereocenters. The second kappa shape index (κ2) is 40.8. The van der Waals surface area contributed by atoms with Crippen LogP contribution in [0.5, 0.6) is 0 Å². The van der Waals surface area contributed by atoms with Crippen LogP contribution in [-0.4, -0.2) is 185 Å². The number of hydrogen-bond donors (Lipinski definition) is 20. The quantitative estimate of drug-likeness (QED) is 0.0170. The second-order valence-corrected chi connectivity index (χ2v) is 20.7. The number of nitrogens with one attached hydrogen (secondary N) is 15. The van der Waals surface area contributed by atoms with Crippen LogP contribution in [0.4, 0.5) is 0 Å². The Hall–Kier alpha value is -9.43. The number of amides is 10. The number of hydrogen-bond acceptors (Lipinski definition) is 16. The highest BCUT2D eigenvalue weighted by Crippen LogP contribution is 2.14. The molecule has 1 unspecified atom stereocenters. The minimum absolute atomic E-state index is 0.00675. The number of carbonyl (C=O) groups excluding carboxylic acids is 10. The van der Waals surface area contributed by atoms with Crippen molar-refractivity contribution in [1.82, 2.24) is 73.8 Å². The number of nitrogens with two attached hydrogens (primary N) is 3. The smallest absolute Gasteiger partial charge is 0.303 e. The molecule has 0 spiro atoms. The molecule has 0 aliphatic carbocycles. The number of guanidine groups is 2. The molecule has 2 rings (SSSR count). The van der Waals surface area contributed by atoms with Gasteiger partial charge in [0.1, 0.15) is 48.3 Å². The van der Waals surface area contributed by atoms with Crippen LogP contribution >= 0.6 is 0 Å². The average molecular weight is 1240 g/mol. The highest BCUT2D eigenvalue weighted by atomic mass is 16.4. The minimum Gasteiger partial charge on any atom is -0.481 e. The van der Waals surface area contributed by atoms with Crippen molar-refractivity contribution >= 4 is 82.9 Å². The SMILES string of the molecule is CCC(=O)N[C@@H](Cc1c[nH]cn1)C(=O)N[C@@H](Cc1ccccc1)C(=O)N[C@@H](CCCNC(=N)N)C(=O)N[C@@H](CCCCN)C(=O)N[C@@H](CCC(=O)O)C(=O)N[C@@H](CCCNC(=N)N)C(=O)NC(C(=O)N[C@@H](CCC(=O)O)C(=O)NCC(=O)NC)[C@@H](C)CC. The molecule has 33 nitrogen and oxygen atoms in total. The van der Waals surface area contributed by atoms with Gasteiger partial charge in [0.2, 0.25) is 59.1 Å². The van der Waals surface area contributed by atoms with E-state index in [1.54, 1.807) is 51.1 Å². The highest BCUT2D eigenvalue weighted by Gasteiger charge is 2.36. The molecular weight excluding hydrogens is 1150 g/mol. The summed E-state index contributed by atoms with van der Waals surface area (Å²) >= 11 is 0. The van der Waals surface area contributed by atoms with Crippen LogP contribution in [0.15, 0.2) is 42.9 Å². The first-order valence-electron chi connectivity index (χ1n) is 29.0. The third-order valence-electron chi connectivity index (χ3n) is 13.7. The van der Waals surface area contributed by atoms with Gasteiger partial charge in [-0.25, -0.2) is 4.98 Å². The van der Waals surface area contributed by atoms with Gasteiger partial charge in [0.25, 0.3) is 0 Å². The number of H-pyrrole nitrogens is 1. The Balaban J connectivity index is 2.59. The molecule has 2 aromatic rings. The predicted molar refractivity (Wildman–Crippen MR) is 320 cm³/mol. The van der Waals surface area contributed by atoms with Crippen LogP contribution in [0.25, 0.3) is 0 Å². The summed E-state index contributed by atoms with van der Waals surface area (Å²) in [5.74, 6) is -12.6. The largest absolute Gasteiger partial charge is 0.481 e. The number of benzene rings is 1. The van der Waals surface area contributed by atoms with Gasteiger partial charge in [-0.3, -0.25) is 68.4 Å². The molecule has 1 heterocycles. The molecule has 488 valence electrons. The molecule has 0 bridgehead atoms. The number of carboxylic acids is 2. The topological polar surface area (TPSA) is 544 Å². The number of carbonyl (C=O) groups is 12. The molecule has 10 amide bonds. The Morgan fingerprint density at radius 2 is 0.989 bits per heavy atom. The van der Waals surface area contributed by atoms with E-state index in [2.05, 4.69) is 73.8 Å². The van der Waals surface area contributed by atoms with Crippen LogP contribution in [0.2, 0.25) is 0 Å². The molecule has 0 radical (unpaired) electrons. The lowest BCUT2D eigenvalue weighted by molar-refractivity contribution is -0.139. The first kappa shape index (κ1) is 74.7. The fourth-order valence-electron chi connectivity index (χ4n) is 8.57. The van der Waals surface area contributed by atoms with Gasteiger partial charge in [0, 0.05) is 58.4 Å². The molecule has 0 saturated carbocycles. The zero-order chi connectivity index (χ0) is 65.7. The molecule has 23 N–H and O–H groups in total. The number of aromatic nitrogens is 2. The number of aliphatic carboxylic acids is 2. The number of imidazole rings is 1. The summed E-state index contributed by atoms with van der Waals surface area (Å²) in [6, 6.07) is -3.06. The van der Waals surface area contributed by atoms with Crippen LogP contribution < -0.4 is 81.0 Å². The summed E-state index contributed by atoms with van der Waals surface area (Å²) in [7, 11) is 1.32. The summed E-state index contributed by atoms with van der Waals surface area (Å²) in [6.07, 6.45) is 1.13. The first-order chi connectivity index (χ1) is 41.8. The van der Waals surface area contributed by atoms with Gasteiger partial charge in [-0.1, -0.05) is 57.5 Å². The molecule has 33 heteroatoms. The summed E-state index contributed by atoms with van der Waals surface area (Å²) in [5, 5.41) is 65.0. The van der Waals surface area contributed by atoms with E-state index in [0.29, 0.717) is 17.7 Å². The number of unbranched alkanes of at least 4 members (excludes halogenated alkanes) is 1. The maximum atomic E-state index is 14.6. The fraction of sp³-hybridized carbons (Fsp3) is 0.582. The molecule has 1 aromatic heterocycles. The van der Waals surface area contributed by atoms with Gasteiger partial charge in [0.05, 0.1) is 18.6 Å². The number of carboxylic acid groups (broad SMARTS) is 2. The lowest BCUT2D eigenvalue weighted by Gasteiger charge is -2.29. The zero-order valence-corrected chi connectivity index (χ0v) is 50.1. The average Bonchev–Trinajstić information content (AvgIpc) is 3.92. The highest BCUT2D eigenvalue weighted by molar-refractivity contribution is 5.99. The number of nitrogens with zero attached hydrogens (tertiary/aromatic N) is 1. The molecule has 0 aliphatic heterocycles. The summed E-state index contributed by atoms with van der Waals surface area (Å²) < 4.78 is 0. The monoisotopic (exact) mass is 1240 g/mol. The molecule has 1 aromatic carbocycles. The van der Waals surface area contributed by atoms with E-state index < -0.39 is 163 Å². The van der Waals surface area contributed by atoms with Crippen molar-refractivity contribution in [2.24, 2.45) is 23.1 Å². The van der Waals surface area contributed by atoms with E-state index in [1.165, 1.54) is 19.6 Å². The van der Waals surface area contributed by atoms with Crippen LogP contribution in [0.1, 0.15) is 115 Å². The third-order valence-corrected chi connectivity index (χ3v) is 13.7. The Morgan fingerprint density at radius 3 is 1.43 bits per heavy atom. The first-order valence-corrected chi connectivity index (χ1v) is 29.0. The van der Waals surface area contributed by atoms with Gasteiger partial charge in [0.15, 0.2) is 11.9 Å². The van der Waals surface area contributed by atoms with Crippen LogP contribution in [0.3, 0.4) is 0 Å². The Morgan fingerprint density at radius 1 is 0.545 bits per heavy atom. The number of rotatable bonds is 43. The van der Waals surface area contributed by atoms with Crippen molar-refractivity contribution in [1.29, 1.82) is 10.8 Å². The molecule has 88 heavy (non-hydrogen) atoms. The van der Waals surface area contributed by atoms with E-state index in [-0.39, 0.29) is 89.8 Å². The minimum atomic E-state index is -1.71. The third kappa shape index (κ3) is 29.6. The van der Waals surface area contributed by atoms with Crippen molar-refractivity contribution < 1.29 is 67.7 Å². The molecule has 0 fully saturated rings.